The molecule has 0 radical (unpaired) electrons. The molecule has 2 rings (SSSR count). The Bertz CT molecular complexity index is 456. The predicted molar refractivity (Wildman–Crippen MR) is 79.9 cm³/mol. The van der Waals surface area contributed by atoms with Crippen molar-refractivity contribution in [2.24, 2.45) is 7.05 Å². The van der Waals surface area contributed by atoms with Crippen molar-refractivity contribution >= 4 is 6.03 Å². The molecular weight excluding hydrogens is 270 g/mol. The normalized spacial score (nSPS) is 17.5. The second-order valence-electron chi connectivity index (χ2n) is 5.56. The number of ether oxygens (including phenoxy) is 1. The summed E-state index contributed by atoms with van der Waals surface area (Å²) in [5.41, 5.74) is 1.02. The third-order valence-corrected chi connectivity index (χ3v) is 3.74. The van der Waals surface area contributed by atoms with Crippen LogP contribution in [0.2, 0.25) is 0 Å². The number of rotatable bonds is 5. The van der Waals surface area contributed by atoms with Gasteiger partial charge in [0, 0.05) is 51.5 Å². The monoisotopic (exact) mass is 295 g/mol. The molecule has 1 aliphatic heterocycles. The largest absolute Gasteiger partial charge is 0.379 e. The molecule has 0 unspecified atom stereocenters. The van der Waals surface area contributed by atoms with Crippen molar-refractivity contribution in [2.45, 2.75) is 19.5 Å². The predicted octanol–water partition coefficient (Wildman–Crippen LogP) is 0.282. The van der Waals surface area contributed by atoms with Crippen molar-refractivity contribution < 1.29 is 9.53 Å². The number of morpholine rings is 1. The van der Waals surface area contributed by atoms with Crippen molar-refractivity contribution in [3.8, 4) is 0 Å². The van der Waals surface area contributed by atoms with Crippen LogP contribution in [-0.4, -0.2) is 71.5 Å². The molecule has 1 aromatic rings. The molecule has 0 aromatic carbocycles. The van der Waals surface area contributed by atoms with Crippen molar-refractivity contribution in [3.05, 3.63) is 18.0 Å². The zero-order valence-corrected chi connectivity index (χ0v) is 13.1. The van der Waals surface area contributed by atoms with Crippen LogP contribution >= 0.6 is 0 Å². The maximum absolute atomic E-state index is 12.1. The van der Waals surface area contributed by atoms with Crippen LogP contribution < -0.4 is 5.32 Å². The van der Waals surface area contributed by atoms with Gasteiger partial charge in [-0.25, -0.2) is 4.79 Å². The van der Waals surface area contributed by atoms with Crippen LogP contribution in [0.15, 0.2) is 12.4 Å². The highest BCUT2D eigenvalue weighted by Gasteiger charge is 2.18. The van der Waals surface area contributed by atoms with E-state index in [1.807, 2.05) is 13.2 Å². The molecule has 0 spiro atoms. The molecule has 1 fully saturated rings. The Hall–Kier alpha value is -1.60. The molecule has 2 amide bonds. The highest BCUT2D eigenvalue weighted by molar-refractivity contribution is 5.73. The minimum Gasteiger partial charge on any atom is -0.379 e. The molecule has 21 heavy (non-hydrogen) atoms. The molecule has 1 saturated heterocycles. The third kappa shape index (κ3) is 4.71. The summed E-state index contributed by atoms with van der Waals surface area (Å²) in [5.74, 6) is 0. The molecule has 0 bridgehead atoms. The molecule has 1 aliphatic rings. The minimum absolute atomic E-state index is 0.0565. The average Bonchev–Trinajstić information content (AvgIpc) is 2.90. The molecule has 2 heterocycles. The first-order valence-corrected chi connectivity index (χ1v) is 7.34. The average molecular weight is 295 g/mol. The van der Waals surface area contributed by atoms with E-state index in [-0.39, 0.29) is 6.03 Å². The van der Waals surface area contributed by atoms with Gasteiger partial charge in [0.05, 0.1) is 26.0 Å². The lowest BCUT2D eigenvalue weighted by atomic mass is 10.2. The Morgan fingerprint density at radius 3 is 2.86 bits per heavy atom. The first kappa shape index (κ1) is 15.8. The van der Waals surface area contributed by atoms with E-state index >= 15 is 0 Å². The minimum atomic E-state index is -0.0565. The number of aromatic nitrogens is 2. The second-order valence-corrected chi connectivity index (χ2v) is 5.56. The van der Waals surface area contributed by atoms with Crippen LogP contribution in [0.5, 0.6) is 0 Å². The number of urea groups is 1. The molecule has 1 aromatic heterocycles. The summed E-state index contributed by atoms with van der Waals surface area (Å²) in [5, 5.41) is 7.09. The lowest BCUT2D eigenvalue weighted by Crippen LogP contribution is -2.49. The number of nitrogens with one attached hydrogen (secondary N) is 1. The molecule has 118 valence electrons. The van der Waals surface area contributed by atoms with Gasteiger partial charge in [0.25, 0.3) is 0 Å². The molecule has 0 saturated carbocycles. The smallest absolute Gasteiger partial charge is 0.317 e. The van der Waals surface area contributed by atoms with Gasteiger partial charge in [-0.2, -0.15) is 5.10 Å². The Labute approximate surface area is 125 Å². The molecule has 7 heteroatoms. The van der Waals surface area contributed by atoms with E-state index in [0.717, 1.165) is 31.9 Å². The third-order valence-electron chi connectivity index (χ3n) is 3.74. The summed E-state index contributed by atoms with van der Waals surface area (Å²) in [6, 6.07) is 0.267. The van der Waals surface area contributed by atoms with Gasteiger partial charge in [0.15, 0.2) is 0 Å². The van der Waals surface area contributed by atoms with E-state index in [1.165, 1.54) is 0 Å². The first-order valence-electron chi connectivity index (χ1n) is 7.34. The summed E-state index contributed by atoms with van der Waals surface area (Å²) in [6.45, 7) is 6.76. The highest BCUT2D eigenvalue weighted by Crippen LogP contribution is 2.04. The zero-order valence-electron chi connectivity index (χ0n) is 13.1. The number of nitrogens with zero attached hydrogens (tertiary/aromatic N) is 4. The van der Waals surface area contributed by atoms with Gasteiger partial charge < -0.3 is 15.0 Å². The summed E-state index contributed by atoms with van der Waals surface area (Å²) in [6.07, 6.45) is 3.69. The SMILES string of the molecule is C[C@H](CNC(=O)N(C)Cc1cnn(C)c1)N1CCOCC1. The van der Waals surface area contributed by atoms with Crippen LogP contribution in [0.4, 0.5) is 4.79 Å². The lowest BCUT2D eigenvalue weighted by molar-refractivity contribution is 0.0207. The Kier molecular flexibility index (Phi) is 5.58. The summed E-state index contributed by atoms with van der Waals surface area (Å²) in [4.78, 5) is 16.1. The van der Waals surface area contributed by atoms with Crippen LogP contribution in [-0.2, 0) is 18.3 Å². The maximum atomic E-state index is 12.1. The fourth-order valence-electron chi connectivity index (χ4n) is 2.42. The fourth-order valence-corrected chi connectivity index (χ4v) is 2.42. The van der Waals surface area contributed by atoms with E-state index in [1.54, 1.807) is 22.8 Å². The van der Waals surface area contributed by atoms with Crippen molar-refractivity contribution in [1.29, 1.82) is 0 Å². The van der Waals surface area contributed by atoms with Gasteiger partial charge in [-0.3, -0.25) is 9.58 Å². The standard InChI is InChI=1S/C14H25N5O2/c1-12(19-4-6-21-7-5-19)8-15-14(20)17(2)10-13-9-16-18(3)11-13/h9,11-12H,4-8,10H2,1-3H3,(H,15,20)/t12-/m1/s1. The quantitative estimate of drug-likeness (QED) is 0.848. The Balaban J connectivity index is 1.72. The fraction of sp³-hybridized carbons (Fsp3) is 0.714. The van der Waals surface area contributed by atoms with Crippen LogP contribution in [0, 0.1) is 0 Å². The summed E-state index contributed by atoms with van der Waals surface area (Å²) < 4.78 is 7.07. The van der Waals surface area contributed by atoms with Gasteiger partial charge in [-0.15, -0.1) is 0 Å². The molecule has 1 N–H and O–H groups in total. The van der Waals surface area contributed by atoms with Gasteiger partial charge in [-0.05, 0) is 6.92 Å². The number of hydrogen-bond donors (Lipinski definition) is 1. The molecule has 0 aliphatic carbocycles. The van der Waals surface area contributed by atoms with Gasteiger partial charge in [0.1, 0.15) is 0 Å². The summed E-state index contributed by atoms with van der Waals surface area (Å²) >= 11 is 0. The van der Waals surface area contributed by atoms with Crippen LogP contribution in [0.25, 0.3) is 0 Å². The van der Waals surface area contributed by atoms with Gasteiger partial charge in [0.2, 0.25) is 0 Å². The van der Waals surface area contributed by atoms with E-state index in [2.05, 4.69) is 22.2 Å². The highest BCUT2D eigenvalue weighted by atomic mass is 16.5. The van der Waals surface area contributed by atoms with E-state index in [4.69, 9.17) is 4.74 Å². The number of hydrogen-bond acceptors (Lipinski definition) is 4. The number of carbonyl (C=O) groups is 1. The number of aryl methyl sites for hydroxylation is 1. The van der Waals surface area contributed by atoms with Crippen molar-refractivity contribution in [3.63, 3.8) is 0 Å². The lowest BCUT2D eigenvalue weighted by Gasteiger charge is -2.32. The summed E-state index contributed by atoms with van der Waals surface area (Å²) in [7, 11) is 3.66. The van der Waals surface area contributed by atoms with Gasteiger partial charge >= 0.3 is 6.03 Å². The van der Waals surface area contributed by atoms with E-state index in [0.29, 0.717) is 19.1 Å². The van der Waals surface area contributed by atoms with E-state index in [9.17, 15) is 4.79 Å². The Morgan fingerprint density at radius 2 is 2.24 bits per heavy atom. The second kappa shape index (κ2) is 7.42. The van der Waals surface area contributed by atoms with Crippen molar-refractivity contribution in [1.82, 2.24) is 24.9 Å². The topological polar surface area (TPSA) is 62.6 Å². The van der Waals surface area contributed by atoms with E-state index < -0.39 is 0 Å². The number of amides is 2. The van der Waals surface area contributed by atoms with Crippen molar-refractivity contribution in [2.75, 3.05) is 39.9 Å². The van der Waals surface area contributed by atoms with Crippen LogP contribution in [0.1, 0.15) is 12.5 Å². The molecule has 1 atom stereocenters. The molecular formula is C14H25N5O2. The van der Waals surface area contributed by atoms with Gasteiger partial charge in [-0.1, -0.05) is 0 Å². The maximum Gasteiger partial charge on any atom is 0.317 e. The van der Waals surface area contributed by atoms with Crippen LogP contribution in [0.3, 0.4) is 0 Å². The zero-order chi connectivity index (χ0) is 15.2. The first-order chi connectivity index (χ1) is 10.1. The number of carbonyl (C=O) groups excluding carboxylic acids is 1. The molecule has 7 nitrogen and oxygen atoms in total. The Morgan fingerprint density at radius 1 is 1.52 bits per heavy atom.